The normalized spacial score (nSPS) is 27.4. The van der Waals surface area contributed by atoms with E-state index in [1.54, 1.807) is 38.6 Å². The highest BCUT2D eigenvalue weighted by Gasteiger charge is 2.74. The van der Waals surface area contributed by atoms with Crippen LogP contribution >= 0.6 is 11.8 Å². The lowest BCUT2D eigenvalue weighted by molar-refractivity contribution is -0.146. The van der Waals surface area contributed by atoms with Gasteiger partial charge in [0.2, 0.25) is 17.7 Å². The van der Waals surface area contributed by atoms with Crippen molar-refractivity contribution in [3.63, 3.8) is 0 Å². The standard InChI is InChI=1S/C31H43N3O5S/c1-7-17-32(20(5)6)30(38)27-31-16-15-24(40-31)25(26(31)29(37)34(27)21(9-3)19-35)28(36)33(18-8-2)22-11-13-23(14-12-22)39-10-4/h7-8,11-14,20-21,24-27,35H,1-2,9-10,15-19H2,3-6H3/t21-,24+,25-,26-,27?,31?/m0/s1. The van der Waals surface area contributed by atoms with E-state index in [0.717, 1.165) is 12.2 Å². The third-order valence-electron chi connectivity index (χ3n) is 8.60. The molecule has 3 amide bonds. The Morgan fingerprint density at radius 2 is 1.85 bits per heavy atom. The Hall–Kier alpha value is -2.78. The molecule has 3 aliphatic rings. The van der Waals surface area contributed by atoms with Crippen LogP contribution in [0.4, 0.5) is 5.69 Å². The number of hydrogen-bond donors (Lipinski definition) is 1. The largest absolute Gasteiger partial charge is 0.494 e. The van der Waals surface area contributed by atoms with Gasteiger partial charge in [0.05, 0.1) is 35.8 Å². The molecule has 0 aromatic heterocycles. The number of ether oxygens (including phenoxy) is 1. The van der Waals surface area contributed by atoms with Crippen LogP contribution < -0.4 is 9.64 Å². The molecule has 3 aliphatic heterocycles. The van der Waals surface area contributed by atoms with Gasteiger partial charge >= 0.3 is 0 Å². The highest BCUT2D eigenvalue weighted by atomic mass is 32.2. The van der Waals surface area contributed by atoms with Gasteiger partial charge in [-0.15, -0.1) is 24.9 Å². The molecule has 4 rings (SSSR count). The summed E-state index contributed by atoms with van der Waals surface area (Å²) >= 11 is 1.64. The lowest BCUT2D eigenvalue weighted by Gasteiger charge is -2.40. The third-order valence-corrected chi connectivity index (χ3v) is 10.6. The number of carbonyl (C=O) groups excluding carboxylic acids is 3. The van der Waals surface area contributed by atoms with Crippen molar-refractivity contribution in [1.29, 1.82) is 0 Å². The van der Waals surface area contributed by atoms with Gasteiger partial charge in [-0.2, -0.15) is 0 Å². The van der Waals surface area contributed by atoms with Gasteiger partial charge in [-0.05, 0) is 64.3 Å². The van der Waals surface area contributed by atoms with Crippen LogP contribution in [0.15, 0.2) is 49.6 Å². The first-order valence-corrected chi connectivity index (χ1v) is 15.3. The van der Waals surface area contributed by atoms with Crippen LogP contribution in [0.5, 0.6) is 5.75 Å². The summed E-state index contributed by atoms with van der Waals surface area (Å²) in [6, 6.07) is 6.06. The molecule has 3 saturated heterocycles. The lowest BCUT2D eigenvalue weighted by Crippen LogP contribution is -2.58. The summed E-state index contributed by atoms with van der Waals surface area (Å²) in [6.07, 6.45) is 5.34. The molecule has 1 aromatic rings. The predicted molar refractivity (Wildman–Crippen MR) is 159 cm³/mol. The van der Waals surface area contributed by atoms with Crippen molar-refractivity contribution >= 4 is 35.2 Å². The second-order valence-corrected chi connectivity index (χ2v) is 12.7. The molecular formula is C31H43N3O5S. The maximum atomic E-state index is 14.4. The number of amides is 3. The molecule has 3 heterocycles. The summed E-state index contributed by atoms with van der Waals surface area (Å²) in [5.41, 5.74) is 0.712. The maximum absolute atomic E-state index is 14.4. The molecule has 0 saturated carbocycles. The smallest absolute Gasteiger partial charge is 0.247 e. The average molecular weight is 570 g/mol. The van der Waals surface area contributed by atoms with E-state index in [4.69, 9.17) is 4.74 Å². The Morgan fingerprint density at radius 3 is 2.40 bits per heavy atom. The number of fused-ring (bicyclic) bond motifs is 1. The van der Waals surface area contributed by atoms with E-state index in [0.29, 0.717) is 38.2 Å². The molecule has 1 N–H and O–H groups in total. The minimum atomic E-state index is -0.740. The summed E-state index contributed by atoms with van der Waals surface area (Å²) in [7, 11) is 0. The van der Waals surface area contributed by atoms with Gasteiger partial charge in [0.1, 0.15) is 11.8 Å². The van der Waals surface area contributed by atoms with Crippen molar-refractivity contribution in [3.05, 3.63) is 49.6 Å². The Kier molecular flexibility index (Phi) is 9.35. The number of aliphatic hydroxyl groups excluding tert-OH is 1. The molecule has 6 atom stereocenters. The van der Waals surface area contributed by atoms with Crippen LogP contribution in [-0.2, 0) is 14.4 Å². The van der Waals surface area contributed by atoms with E-state index >= 15 is 0 Å². The fourth-order valence-electron chi connectivity index (χ4n) is 6.83. The number of nitrogens with zero attached hydrogens (tertiary/aromatic N) is 3. The highest BCUT2D eigenvalue weighted by Crippen LogP contribution is 2.67. The van der Waals surface area contributed by atoms with Crippen molar-refractivity contribution in [2.45, 2.75) is 75.1 Å². The summed E-state index contributed by atoms with van der Waals surface area (Å²) in [5.74, 6) is -0.933. The van der Waals surface area contributed by atoms with Gasteiger partial charge in [-0.25, -0.2) is 0 Å². The van der Waals surface area contributed by atoms with Crippen LogP contribution in [-0.4, -0.2) is 87.1 Å². The van der Waals surface area contributed by atoms with E-state index in [-0.39, 0.29) is 35.6 Å². The number of likely N-dealkylation sites (tertiary alicyclic amines) is 1. The monoisotopic (exact) mass is 569 g/mol. The Morgan fingerprint density at radius 1 is 1.18 bits per heavy atom. The molecule has 2 unspecified atom stereocenters. The SMILES string of the molecule is C=CCN(C(=O)[C@@H]1[C@H]2C(=O)N([C@@H](CC)CO)C(C(=O)N(CC=C)C(C)C)C23CC[C@H]1S3)c1ccc(OCC)cc1. The number of thioether (sulfide) groups is 1. The first kappa shape index (κ1) is 30.2. The highest BCUT2D eigenvalue weighted by molar-refractivity contribution is 8.02. The van der Waals surface area contributed by atoms with Crippen molar-refractivity contribution in [2.24, 2.45) is 11.8 Å². The van der Waals surface area contributed by atoms with E-state index in [2.05, 4.69) is 13.2 Å². The number of anilines is 1. The fraction of sp³-hybridized carbons (Fsp3) is 0.581. The molecule has 218 valence electrons. The van der Waals surface area contributed by atoms with Crippen molar-refractivity contribution in [2.75, 3.05) is 31.2 Å². The van der Waals surface area contributed by atoms with Crippen LogP contribution in [0.1, 0.15) is 47.0 Å². The molecule has 9 heteroatoms. The number of aliphatic hydroxyl groups is 1. The Bertz CT molecular complexity index is 1120. The van der Waals surface area contributed by atoms with Gasteiger partial charge in [0.15, 0.2) is 0 Å². The van der Waals surface area contributed by atoms with Crippen molar-refractivity contribution < 1.29 is 24.2 Å². The van der Waals surface area contributed by atoms with E-state index in [9.17, 15) is 19.5 Å². The second-order valence-electron chi connectivity index (χ2n) is 11.1. The van der Waals surface area contributed by atoms with Gasteiger partial charge < -0.3 is 24.5 Å². The third kappa shape index (κ3) is 4.96. The predicted octanol–water partition coefficient (Wildman–Crippen LogP) is 3.89. The van der Waals surface area contributed by atoms with E-state index in [1.165, 1.54) is 0 Å². The molecule has 3 fully saturated rings. The van der Waals surface area contributed by atoms with Crippen LogP contribution in [0.25, 0.3) is 0 Å². The Labute approximate surface area is 242 Å². The van der Waals surface area contributed by atoms with Crippen LogP contribution in [0.3, 0.4) is 0 Å². The first-order valence-electron chi connectivity index (χ1n) is 14.4. The van der Waals surface area contributed by atoms with Gasteiger partial charge in [-0.1, -0.05) is 19.1 Å². The molecular weight excluding hydrogens is 526 g/mol. The molecule has 8 nitrogen and oxygen atoms in total. The number of carbonyl (C=O) groups is 3. The topological polar surface area (TPSA) is 90.4 Å². The zero-order valence-corrected chi connectivity index (χ0v) is 24.9. The summed E-state index contributed by atoms with van der Waals surface area (Å²) in [5, 5.41) is 10.2. The molecule has 40 heavy (non-hydrogen) atoms. The zero-order chi connectivity index (χ0) is 29.2. The Balaban J connectivity index is 1.76. The molecule has 2 bridgehead atoms. The summed E-state index contributed by atoms with van der Waals surface area (Å²) < 4.78 is 4.86. The van der Waals surface area contributed by atoms with Crippen LogP contribution in [0, 0.1) is 11.8 Å². The summed E-state index contributed by atoms with van der Waals surface area (Å²) in [4.78, 5) is 48.1. The molecule has 0 aliphatic carbocycles. The van der Waals surface area contributed by atoms with E-state index in [1.807, 2.05) is 52.0 Å². The van der Waals surface area contributed by atoms with Gasteiger partial charge in [0.25, 0.3) is 0 Å². The average Bonchev–Trinajstić information content (AvgIpc) is 3.59. The molecule has 1 aromatic carbocycles. The lowest BCUT2D eigenvalue weighted by atomic mass is 9.70. The number of rotatable bonds is 13. The maximum Gasteiger partial charge on any atom is 0.247 e. The van der Waals surface area contributed by atoms with Crippen molar-refractivity contribution in [3.8, 4) is 5.75 Å². The molecule has 1 spiro atoms. The fourth-order valence-corrected chi connectivity index (χ4v) is 9.02. The second kappa shape index (κ2) is 12.4. The van der Waals surface area contributed by atoms with E-state index < -0.39 is 28.7 Å². The summed E-state index contributed by atoms with van der Waals surface area (Å²) in [6.45, 7) is 16.4. The van der Waals surface area contributed by atoms with Crippen LogP contribution in [0.2, 0.25) is 0 Å². The minimum Gasteiger partial charge on any atom is -0.494 e. The van der Waals surface area contributed by atoms with Gasteiger partial charge in [-0.3, -0.25) is 14.4 Å². The first-order chi connectivity index (χ1) is 19.2. The quantitative estimate of drug-likeness (QED) is 0.363. The minimum absolute atomic E-state index is 0.0602. The number of hydrogen-bond acceptors (Lipinski definition) is 6. The molecule has 0 radical (unpaired) electrons. The number of benzene rings is 1. The van der Waals surface area contributed by atoms with Gasteiger partial charge in [0, 0.05) is 30.1 Å². The zero-order valence-electron chi connectivity index (χ0n) is 24.1. The van der Waals surface area contributed by atoms with Crippen molar-refractivity contribution in [1.82, 2.24) is 9.80 Å².